The molecule has 0 bridgehead atoms. The van der Waals surface area contributed by atoms with Crippen molar-refractivity contribution >= 4 is 13.3 Å². The topological polar surface area (TPSA) is 40.5 Å². The summed E-state index contributed by atoms with van der Waals surface area (Å²) in [4.78, 5) is 0. The fraction of sp³-hybridized carbons (Fsp3) is 0.429. The largest absolute Gasteiger partial charge is 0.393 e. The van der Waals surface area contributed by atoms with Gasteiger partial charge in [0, 0.05) is 6.42 Å². The zero-order valence-electron chi connectivity index (χ0n) is 10.9. The van der Waals surface area contributed by atoms with E-state index in [2.05, 4.69) is 31.8 Å². The van der Waals surface area contributed by atoms with Crippen LogP contribution >= 0.6 is 0 Å². The smallest absolute Gasteiger partial charge is 0.110 e. The van der Waals surface area contributed by atoms with Crippen LogP contribution in [0.2, 0.25) is 13.1 Å². The third-order valence-electron chi connectivity index (χ3n) is 3.26. The highest BCUT2D eigenvalue weighted by molar-refractivity contribution is 6.95. The number of benzene rings is 1. The van der Waals surface area contributed by atoms with E-state index in [-0.39, 0.29) is 0 Å². The minimum Gasteiger partial charge on any atom is -0.393 e. The highest BCUT2D eigenvalue weighted by atomic mass is 28.3. The van der Waals surface area contributed by atoms with E-state index in [0.29, 0.717) is 6.42 Å². The molecule has 2 atom stereocenters. The predicted molar refractivity (Wildman–Crippen MR) is 75.0 cm³/mol. The molecule has 0 saturated carbocycles. The zero-order chi connectivity index (χ0) is 13.1. The molecule has 0 saturated heterocycles. The fourth-order valence-corrected chi connectivity index (χ4v) is 4.27. The second-order valence-corrected chi connectivity index (χ2v) is 9.59. The minimum atomic E-state index is -1.87. The second-order valence-electron chi connectivity index (χ2n) is 5.12. The fourth-order valence-electron chi connectivity index (χ4n) is 1.92. The van der Waals surface area contributed by atoms with Crippen LogP contribution in [0.5, 0.6) is 0 Å². The van der Waals surface area contributed by atoms with Crippen molar-refractivity contribution in [2.24, 2.45) is 0 Å². The van der Waals surface area contributed by atoms with E-state index in [9.17, 15) is 10.2 Å². The molecule has 3 heteroatoms. The van der Waals surface area contributed by atoms with Gasteiger partial charge in [0.2, 0.25) is 0 Å². The standard InChI is InChI=1S/C14H22O2Si/c1-11(15)10-14(16)12(2)17(3,4)13-8-6-5-7-9-13/h5-9,11,14-16H,2,10H2,1,3-4H3/t11-,14+/m1/s1. The number of hydrogen-bond donors (Lipinski definition) is 2. The monoisotopic (exact) mass is 250 g/mol. The normalized spacial score (nSPS) is 15.4. The van der Waals surface area contributed by atoms with Gasteiger partial charge in [-0.3, -0.25) is 0 Å². The van der Waals surface area contributed by atoms with Gasteiger partial charge in [0.25, 0.3) is 0 Å². The van der Waals surface area contributed by atoms with Crippen LogP contribution in [0.25, 0.3) is 0 Å². The van der Waals surface area contributed by atoms with E-state index in [1.807, 2.05) is 18.2 Å². The maximum absolute atomic E-state index is 10.1. The number of aliphatic hydroxyl groups is 2. The van der Waals surface area contributed by atoms with E-state index in [0.717, 1.165) is 5.20 Å². The highest BCUT2D eigenvalue weighted by Crippen LogP contribution is 2.19. The van der Waals surface area contributed by atoms with E-state index in [4.69, 9.17) is 0 Å². The summed E-state index contributed by atoms with van der Waals surface area (Å²) < 4.78 is 0. The Hall–Kier alpha value is -0.903. The van der Waals surface area contributed by atoms with Crippen LogP contribution in [0.1, 0.15) is 13.3 Å². The first-order valence-electron chi connectivity index (χ1n) is 5.96. The number of hydrogen-bond acceptors (Lipinski definition) is 2. The van der Waals surface area contributed by atoms with Crippen LogP contribution in [0.15, 0.2) is 42.1 Å². The van der Waals surface area contributed by atoms with Crippen molar-refractivity contribution in [2.75, 3.05) is 0 Å². The quantitative estimate of drug-likeness (QED) is 0.783. The molecule has 94 valence electrons. The van der Waals surface area contributed by atoms with Crippen LogP contribution in [0.3, 0.4) is 0 Å². The molecule has 0 radical (unpaired) electrons. The molecule has 0 unspecified atom stereocenters. The summed E-state index contributed by atoms with van der Waals surface area (Å²) in [7, 11) is -1.87. The Morgan fingerprint density at radius 3 is 2.24 bits per heavy atom. The molecule has 0 aromatic heterocycles. The first-order chi connectivity index (χ1) is 7.85. The molecule has 0 heterocycles. The highest BCUT2D eigenvalue weighted by Gasteiger charge is 2.31. The van der Waals surface area contributed by atoms with E-state index in [1.165, 1.54) is 5.19 Å². The molecule has 1 rings (SSSR count). The molecule has 0 amide bonds. The molecule has 2 N–H and O–H groups in total. The molecular formula is C14H22O2Si. The van der Waals surface area contributed by atoms with Gasteiger partial charge >= 0.3 is 0 Å². The summed E-state index contributed by atoms with van der Waals surface area (Å²) in [6, 6.07) is 10.2. The molecular weight excluding hydrogens is 228 g/mol. The van der Waals surface area contributed by atoms with Gasteiger partial charge in [-0.25, -0.2) is 0 Å². The molecule has 1 aromatic rings. The molecule has 1 aromatic carbocycles. The lowest BCUT2D eigenvalue weighted by Crippen LogP contribution is -2.47. The van der Waals surface area contributed by atoms with Crippen molar-refractivity contribution in [3.8, 4) is 0 Å². The maximum atomic E-state index is 10.1. The Labute approximate surface area is 105 Å². The van der Waals surface area contributed by atoms with Crippen LogP contribution in [-0.2, 0) is 0 Å². The van der Waals surface area contributed by atoms with E-state index < -0.39 is 20.3 Å². The average molecular weight is 250 g/mol. The second kappa shape index (κ2) is 5.62. The van der Waals surface area contributed by atoms with E-state index >= 15 is 0 Å². The minimum absolute atomic E-state index is 0.363. The van der Waals surface area contributed by atoms with Gasteiger partial charge in [-0.1, -0.05) is 53.8 Å². The Morgan fingerprint density at radius 2 is 1.76 bits per heavy atom. The molecule has 0 spiro atoms. The van der Waals surface area contributed by atoms with Gasteiger partial charge in [-0.2, -0.15) is 0 Å². The number of aliphatic hydroxyl groups excluding tert-OH is 2. The Morgan fingerprint density at radius 1 is 1.24 bits per heavy atom. The van der Waals surface area contributed by atoms with Crippen molar-refractivity contribution < 1.29 is 10.2 Å². The third-order valence-corrected chi connectivity index (χ3v) is 6.98. The third kappa shape index (κ3) is 3.53. The molecule has 17 heavy (non-hydrogen) atoms. The van der Waals surface area contributed by atoms with Crippen LogP contribution in [0.4, 0.5) is 0 Å². The Bertz CT molecular complexity index is 371. The van der Waals surface area contributed by atoms with E-state index in [1.54, 1.807) is 6.92 Å². The van der Waals surface area contributed by atoms with Crippen LogP contribution in [0, 0.1) is 0 Å². The summed E-state index contributed by atoms with van der Waals surface area (Å²) in [5.74, 6) is 0. The molecule has 0 aliphatic carbocycles. The van der Waals surface area contributed by atoms with Crippen molar-refractivity contribution in [3.05, 3.63) is 42.1 Å². The average Bonchev–Trinajstić information content (AvgIpc) is 2.28. The molecule has 0 fully saturated rings. The van der Waals surface area contributed by atoms with Crippen molar-refractivity contribution in [3.63, 3.8) is 0 Å². The summed E-state index contributed by atoms with van der Waals surface area (Å²) in [5, 5.41) is 21.5. The van der Waals surface area contributed by atoms with Gasteiger partial charge in [0.1, 0.15) is 8.07 Å². The lowest BCUT2D eigenvalue weighted by molar-refractivity contribution is 0.114. The Balaban J connectivity index is 2.87. The lowest BCUT2D eigenvalue weighted by Gasteiger charge is -2.29. The summed E-state index contributed by atoms with van der Waals surface area (Å²) in [5.41, 5.74) is 0. The first-order valence-corrected chi connectivity index (χ1v) is 8.96. The van der Waals surface area contributed by atoms with Crippen molar-refractivity contribution in [1.29, 1.82) is 0 Å². The Kier molecular flexibility index (Phi) is 4.68. The van der Waals surface area contributed by atoms with Crippen LogP contribution in [-0.4, -0.2) is 30.5 Å². The van der Waals surface area contributed by atoms with Crippen molar-refractivity contribution in [1.82, 2.24) is 0 Å². The zero-order valence-corrected chi connectivity index (χ0v) is 11.9. The van der Waals surface area contributed by atoms with Gasteiger partial charge in [-0.05, 0) is 6.92 Å². The predicted octanol–water partition coefficient (Wildman–Crippen LogP) is 1.83. The molecule has 0 aliphatic heterocycles. The summed E-state index contributed by atoms with van der Waals surface area (Å²) >= 11 is 0. The number of rotatable bonds is 5. The lowest BCUT2D eigenvalue weighted by atomic mass is 10.2. The SMILES string of the molecule is C=C([C@@H](O)C[C@@H](C)O)[Si](C)(C)c1ccccc1. The molecule has 0 aliphatic rings. The first kappa shape index (κ1) is 14.2. The van der Waals surface area contributed by atoms with Crippen molar-refractivity contribution in [2.45, 2.75) is 38.6 Å². The van der Waals surface area contributed by atoms with Gasteiger partial charge in [0.15, 0.2) is 0 Å². The van der Waals surface area contributed by atoms with Gasteiger partial charge in [-0.15, -0.1) is 6.58 Å². The summed E-state index contributed by atoms with van der Waals surface area (Å²) in [6.07, 6.45) is -0.749. The van der Waals surface area contributed by atoms with Gasteiger partial charge in [0.05, 0.1) is 12.2 Å². The van der Waals surface area contributed by atoms with Gasteiger partial charge < -0.3 is 10.2 Å². The summed E-state index contributed by atoms with van der Waals surface area (Å²) in [6.45, 7) is 10.1. The molecule has 2 nitrogen and oxygen atoms in total. The maximum Gasteiger partial charge on any atom is 0.110 e. The van der Waals surface area contributed by atoms with Crippen LogP contribution < -0.4 is 5.19 Å².